The molecule has 3 aromatic rings. The largest absolute Gasteiger partial charge is 0.397 e. The first-order chi connectivity index (χ1) is 23.4. The van der Waals surface area contributed by atoms with Crippen LogP contribution in [0.15, 0.2) is 72.8 Å². The van der Waals surface area contributed by atoms with Gasteiger partial charge in [-0.25, -0.2) is 0 Å². The molecule has 256 valence electrons. The number of aliphatic hydroxyl groups is 1. The number of hydrogen-bond acceptors (Lipinski definition) is 8. The van der Waals surface area contributed by atoms with E-state index in [0.717, 1.165) is 42.7 Å². The molecule has 3 aliphatic rings. The highest BCUT2D eigenvalue weighted by molar-refractivity contribution is 5.94. The van der Waals surface area contributed by atoms with Crippen molar-refractivity contribution in [3.63, 3.8) is 0 Å². The maximum Gasteiger partial charge on any atom is 0.224 e. The van der Waals surface area contributed by atoms with E-state index in [4.69, 9.17) is 15.2 Å². The third-order valence-corrected chi connectivity index (χ3v) is 9.73. The predicted molar refractivity (Wildman–Crippen MR) is 187 cm³/mol. The van der Waals surface area contributed by atoms with Crippen LogP contribution in [-0.2, 0) is 25.7 Å². The Morgan fingerprint density at radius 3 is 2.25 bits per heavy atom. The number of nitrogens with one attached hydrogen (secondary N) is 2. The van der Waals surface area contributed by atoms with Gasteiger partial charge in [-0.05, 0) is 87.1 Å². The molecular formula is C38H49N5O5. The summed E-state index contributed by atoms with van der Waals surface area (Å²) >= 11 is 0. The standard InChI is InChI=1S/C38H49N5O5/c39-33-8-1-2-9-34(33)41-37(46)11-5-10-36(45)40-30-18-16-29(17-19-30)38-47-32(23-35(48-38)28-14-12-27(26-44)13-15-28)25-43-22-6-7-31(43)24-42-20-3-4-21-42/h1-2,8-9,12-19,31-32,35,38,44H,3-7,10-11,20-26,39H2,(H,40,45)(H,41,46)/t31-,32-,35+,38+/m0/s1. The van der Waals surface area contributed by atoms with Crippen molar-refractivity contribution in [3.8, 4) is 0 Å². The lowest BCUT2D eigenvalue weighted by atomic mass is 9.99. The number of ether oxygens (including phenoxy) is 2. The molecular weight excluding hydrogens is 606 g/mol. The van der Waals surface area contributed by atoms with Crippen molar-refractivity contribution < 1.29 is 24.2 Å². The molecule has 10 nitrogen and oxygen atoms in total. The lowest BCUT2D eigenvalue weighted by Gasteiger charge is -2.39. The van der Waals surface area contributed by atoms with Gasteiger partial charge in [-0.3, -0.25) is 14.5 Å². The molecule has 4 atom stereocenters. The van der Waals surface area contributed by atoms with Gasteiger partial charge in [-0.15, -0.1) is 0 Å². The maximum atomic E-state index is 12.6. The molecule has 0 saturated carbocycles. The fourth-order valence-electron chi connectivity index (χ4n) is 7.08. The molecule has 0 radical (unpaired) electrons. The Labute approximate surface area is 283 Å². The van der Waals surface area contributed by atoms with Crippen LogP contribution >= 0.6 is 0 Å². The molecule has 0 aromatic heterocycles. The number of nitrogen functional groups attached to an aromatic ring is 1. The highest BCUT2D eigenvalue weighted by atomic mass is 16.7. The van der Waals surface area contributed by atoms with Gasteiger partial charge < -0.3 is 35.8 Å². The van der Waals surface area contributed by atoms with Crippen molar-refractivity contribution in [3.05, 3.63) is 89.5 Å². The minimum absolute atomic E-state index is 0.000331. The van der Waals surface area contributed by atoms with Crippen molar-refractivity contribution in [1.82, 2.24) is 9.80 Å². The number of benzene rings is 3. The van der Waals surface area contributed by atoms with Crippen LogP contribution in [-0.4, -0.2) is 71.6 Å². The Balaban J connectivity index is 1.05. The second-order valence-electron chi connectivity index (χ2n) is 13.3. The molecule has 0 bridgehead atoms. The zero-order valence-electron chi connectivity index (χ0n) is 27.7. The van der Waals surface area contributed by atoms with Gasteiger partial charge >= 0.3 is 0 Å². The highest BCUT2D eigenvalue weighted by Gasteiger charge is 2.36. The number of carbonyl (C=O) groups is 2. The average Bonchev–Trinajstić information content (AvgIpc) is 3.78. The third-order valence-electron chi connectivity index (χ3n) is 9.73. The van der Waals surface area contributed by atoms with Crippen molar-refractivity contribution in [2.45, 2.75) is 82.5 Å². The van der Waals surface area contributed by atoms with Crippen LogP contribution in [0.5, 0.6) is 0 Å². The van der Waals surface area contributed by atoms with Gasteiger partial charge in [0.15, 0.2) is 6.29 Å². The summed E-state index contributed by atoms with van der Waals surface area (Å²) < 4.78 is 13.2. The number of aliphatic hydroxyl groups excluding tert-OH is 1. The number of rotatable bonds is 13. The normalized spacial score (nSPS) is 23.3. The Bertz CT molecular complexity index is 1490. The fourth-order valence-corrected chi connectivity index (χ4v) is 7.08. The first-order valence-electron chi connectivity index (χ1n) is 17.4. The molecule has 3 fully saturated rings. The maximum absolute atomic E-state index is 12.6. The molecule has 3 heterocycles. The summed E-state index contributed by atoms with van der Waals surface area (Å²) in [6.45, 7) is 5.54. The Morgan fingerprint density at radius 2 is 1.52 bits per heavy atom. The summed E-state index contributed by atoms with van der Waals surface area (Å²) in [6, 6.07) is 23.3. The zero-order valence-corrected chi connectivity index (χ0v) is 27.7. The summed E-state index contributed by atoms with van der Waals surface area (Å²) in [5.41, 5.74) is 10.5. The lowest BCUT2D eigenvalue weighted by molar-refractivity contribution is -0.253. The van der Waals surface area contributed by atoms with E-state index >= 15 is 0 Å². The van der Waals surface area contributed by atoms with Crippen LogP contribution in [0.4, 0.5) is 17.1 Å². The van der Waals surface area contributed by atoms with E-state index in [1.165, 1.54) is 38.8 Å². The number of likely N-dealkylation sites (tertiary alicyclic amines) is 2. The van der Waals surface area contributed by atoms with E-state index in [9.17, 15) is 14.7 Å². The van der Waals surface area contributed by atoms with Crippen LogP contribution in [0.2, 0.25) is 0 Å². The first-order valence-corrected chi connectivity index (χ1v) is 17.4. The lowest BCUT2D eigenvalue weighted by Crippen LogP contribution is -2.45. The monoisotopic (exact) mass is 655 g/mol. The second kappa shape index (κ2) is 16.5. The fraction of sp³-hybridized carbons (Fsp3) is 0.474. The smallest absolute Gasteiger partial charge is 0.224 e. The molecule has 3 saturated heterocycles. The summed E-state index contributed by atoms with van der Waals surface area (Å²) in [5, 5.41) is 15.3. The third kappa shape index (κ3) is 9.21. The highest BCUT2D eigenvalue weighted by Crippen LogP contribution is 2.39. The summed E-state index contributed by atoms with van der Waals surface area (Å²) in [6.07, 6.45) is 6.00. The quantitative estimate of drug-likeness (QED) is 0.175. The van der Waals surface area contributed by atoms with Crippen LogP contribution < -0.4 is 16.4 Å². The SMILES string of the molecule is Nc1ccccc1NC(=O)CCCC(=O)Nc1ccc([C@@H]2O[C@H](CN3CCC[C@H]3CN3CCCC3)C[C@H](c3ccc(CO)cc3)O2)cc1. The number of carbonyl (C=O) groups excluding carboxylic acids is 2. The van der Waals surface area contributed by atoms with Crippen molar-refractivity contribution in [2.75, 3.05) is 49.1 Å². The van der Waals surface area contributed by atoms with Gasteiger partial charge in [-0.1, -0.05) is 48.5 Å². The molecule has 0 aliphatic carbocycles. The molecule has 6 rings (SSSR count). The summed E-state index contributed by atoms with van der Waals surface area (Å²) in [7, 11) is 0. The topological polar surface area (TPSA) is 129 Å². The molecule has 0 spiro atoms. The predicted octanol–water partition coefficient (Wildman–Crippen LogP) is 5.61. The van der Waals surface area contributed by atoms with Gasteiger partial charge in [0.05, 0.1) is 30.2 Å². The second-order valence-corrected chi connectivity index (χ2v) is 13.3. The minimum atomic E-state index is -0.548. The number of amides is 2. The van der Waals surface area contributed by atoms with Gasteiger partial charge in [0.1, 0.15) is 0 Å². The van der Waals surface area contributed by atoms with E-state index in [1.54, 1.807) is 12.1 Å². The number of hydrogen-bond donors (Lipinski definition) is 4. The van der Waals surface area contributed by atoms with Crippen LogP contribution in [0.3, 0.4) is 0 Å². The number of para-hydroxylation sites is 2. The minimum Gasteiger partial charge on any atom is -0.397 e. The van der Waals surface area contributed by atoms with Crippen LogP contribution in [0, 0.1) is 0 Å². The van der Waals surface area contributed by atoms with Gasteiger partial charge in [0, 0.05) is 49.6 Å². The van der Waals surface area contributed by atoms with Crippen LogP contribution in [0.25, 0.3) is 0 Å². The molecule has 2 amide bonds. The molecule has 10 heteroatoms. The summed E-state index contributed by atoms with van der Waals surface area (Å²) in [5.74, 6) is -0.328. The Kier molecular flexibility index (Phi) is 11.7. The first kappa shape index (κ1) is 34.1. The van der Waals surface area contributed by atoms with E-state index in [1.807, 2.05) is 60.7 Å². The van der Waals surface area contributed by atoms with Gasteiger partial charge in [0.25, 0.3) is 0 Å². The molecule has 0 unspecified atom stereocenters. The molecule has 3 aliphatic heterocycles. The zero-order chi connectivity index (χ0) is 33.3. The van der Waals surface area contributed by atoms with E-state index in [0.29, 0.717) is 29.5 Å². The van der Waals surface area contributed by atoms with Gasteiger partial charge in [-0.2, -0.15) is 0 Å². The number of nitrogens with zero attached hydrogens (tertiary/aromatic N) is 2. The Hall–Kier alpha value is -3.80. The molecule has 48 heavy (non-hydrogen) atoms. The number of anilines is 3. The summed E-state index contributed by atoms with van der Waals surface area (Å²) in [4.78, 5) is 30.2. The Morgan fingerprint density at radius 1 is 0.812 bits per heavy atom. The van der Waals surface area contributed by atoms with E-state index < -0.39 is 6.29 Å². The van der Waals surface area contributed by atoms with E-state index in [-0.39, 0.29) is 43.5 Å². The average molecular weight is 656 g/mol. The molecule has 3 aromatic carbocycles. The number of nitrogens with two attached hydrogens (primary N) is 1. The van der Waals surface area contributed by atoms with Crippen molar-refractivity contribution >= 4 is 28.9 Å². The van der Waals surface area contributed by atoms with Gasteiger partial charge in [0.2, 0.25) is 11.8 Å². The van der Waals surface area contributed by atoms with E-state index in [2.05, 4.69) is 20.4 Å². The van der Waals surface area contributed by atoms with Crippen molar-refractivity contribution in [1.29, 1.82) is 0 Å². The van der Waals surface area contributed by atoms with Crippen LogP contribution in [0.1, 0.15) is 80.5 Å². The van der Waals surface area contributed by atoms with Crippen molar-refractivity contribution in [2.24, 2.45) is 0 Å². The molecule has 5 N–H and O–H groups in total.